The Balaban J connectivity index is 1.78. The highest BCUT2D eigenvalue weighted by molar-refractivity contribution is 5.84. The van der Waals surface area contributed by atoms with Crippen LogP contribution in [0, 0.1) is 0 Å². The van der Waals surface area contributed by atoms with Crippen LogP contribution in [0.5, 0.6) is 0 Å². The standard InChI is InChI=1S/C17H33N3O3/c1-14(2)20-10-11-23-15(13-20)12-18-6-8-19(9-7-18)16(21)17(3,4)22-5/h14-15H,6-13H2,1-5H3. The van der Waals surface area contributed by atoms with Gasteiger partial charge in [-0.15, -0.1) is 0 Å². The van der Waals surface area contributed by atoms with E-state index in [9.17, 15) is 4.79 Å². The zero-order valence-electron chi connectivity index (χ0n) is 15.4. The summed E-state index contributed by atoms with van der Waals surface area (Å²) < 4.78 is 11.2. The van der Waals surface area contributed by atoms with Gasteiger partial charge in [-0.2, -0.15) is 0 Å². The first-order chi connectivity index (χ1) is 10.8. The first-order valence-electron chi connectivity index (χ1n) is 8.76. The third kappa shape index (κ3) is 4.89. The van der Waals surface area contributed by atoms with E-state index in [0.717, 1.165) is 52.4 Å². The number of amides is 1. The van der Waals surface area contributed by atoms with Crippen molar-refractivity contribution >= 4 is 5.91 Å². The summed E-state index contributed by atoms with van der Waals surface area (Å²) in [6.45, 7) is 15.3. The van der Waals surface area contributed by atoms with Gasteiger partial charge in [0.1, 0.15) is 5.60 Å². The zero-order chi connectivity index (χ0) is 17.0. The average Bonchev–Trinajstić information content (AvgIpc) is 2.55. The van der Waals surface area contributed by atoms with Crippen LogP contribution in [0.25, 0.3) is 0 Å². The Bertz CT molecular complexity index is 393. The molecular formula is C17H33N3O3. The molecule has 2 rings (SSSR count). The molecule has 2 aliphatic rings. The van der Waals surface area contributed by atoms with Crippen molar-refractivity contribution in [3.8, 4) is 0 Å². The minimum atomic E-state index is -0.730. The summed E-state index contributed by atoms with van der Waals surface area (Å²) in [6.07, 6.45) is 0.281. The molecule has 6 heteroatoms. The Morgan fingerprint density at radius 1 is 1.22 bits per heavy atom. The zero-order valence-corrected chi connectivity index (χ0v) is 15.4. The molecule has 0 saturated carbocycles. The number of carbonyl (C=O) groups excluding carboxylic acids is 1. The lowest BCUT2D eigenvalue weighted by Crippen LogP contribution is -2.57. The highest BCUT2D eigenvalue weighted by Gasteiger charge is 2.34. The molecule has 134 valence electrons. The molecule has 0 spiro atoms. The molecule has 1 unspecified atom stereocenters. The molecular weight excluding hydrogens is 294 g/mol. The van der Waals surface area contributed by atoms with Gasteiger partial charge in [0.25, 0.3) is 5.91 Å². The quantitative estimate of drug-likeness (QED) is 0.742. The lowest BCUT2D eigenvalue weighted by atomic mass is 10.1. The monoisotopic (exact) mass is 327 g/mol. The molecule has 0 aromatic rings. The Morgan fingerprint density at radius 3 is 2.43 bits per heavy atom. The van der Waals surface area contributed by atoms with Crippen molar-refractivity contribution in [2.75, 3.05) is 59.5 Å². The summed E-state index contributed by atoms with van der Waals surface area (Å²) in [5.74, 6) is 0.0829. The summed E-state index contributed by atoms with van der Waals surface area (Å²) in [5.41, 5.74) is -0.730. The summed E-state index contributed by atoms with van der Waals surface area (Å²) in [4.78, 5) is 19.2. The van der Waals surface area contributed by atoms with E-state index in [2.05, 4.69) is 23.6 Å². The highest BCUT2D eigenvalue weighted by Crippen LogP contribution is 2.16. The van der Waals surface area contributed by atoms with E-state index < -0.39 is 5.60 Å². The van der Waals surface area contributed by atoms with Crippen LogP contribution in [0.3, 0.4) is 0 Å². The van der Waals surface area contributed by atoms with E-state index in [1.165, 1.54) is 0 Å². The second kappa shape index (κ2) is 7.92. The molecule has 6 nitrogen and oxygen atoms in total. The minimum absolute atomic E-state index is 0.0829. The van der Waals surface area contributed by atoms with E-state index in [1.807, 2.05) is 18.7 Å². The van der Waals surface area contributed by atoms with Gasteiger partial charge in [-0.3, -0.25) is 14.6 Å². The van der Waals surface area contributed by atoms with Crippen molar-refractivity contribution in [1.82, 2.24) is 14.7 Å². The van der Waals surface area contributed by atoms with Crippen LogP contribution in [-0.2, 0) is 14.3 Å². The van der Waals surface area contributed by atoms with Gasteiger partial charge in [0.2, 0.25) is 0 Å². The van der Waals surface area contributed by atoms with Crippen molar-refractivity contribution in [2.45, 2.75) is 45.4 Å². The molecule has 23 heavy (non-hydrogen) atoms. The summed E-state index contributed by atoms with van der Waals surface area (Å²) in [7, 11) is 1.59. The van der Waals surface area contributed by atoms with Crippen molar-refractivity contribution < 1.29 is 14.3 Å². The maximum Gasteiger partial charge on any atom is 0.254 e. The average molecular weight is 327 g/mol. The molecule has 2 heterocycles. The van der Waals surface area contributed by atoms with Crippen LogP contribution in [0.15, 0.2) is 0 Å². The van der Waals surface area contributed by atoms with Gasteiger partial charge in [0.05, 0.1) is 12.7 Å². The third-order valence-corrected chi connectivity index (χ3v) is 5.05. The maximum atomic E-state index is 12.4. The SMILES string of the molecule is COC(C)(C)C(=O)N1CCN(CC2CN(C(C)C)CCO2)CC1. The number of ether oxygens (including phenoxy) is 2. The number of morpholine rings is 1. The van der Waals surface area contributed by atoms with Gasteiger partial charge in [0, 0.05) is 59.0 Å². The largest absolute Gasteiger partial charge is 0.374 e. The van der Waals surface area contributed by atoms with E-state index >= 15 is 0 Å². The van der Waals surface area contributed by atoms with Crippen LogP contribution in [0.1, 0.15) is 27.7 Å². The van der Waals surface area contributed by atoms with Gasteiger partial charge in [-0.25, -0.2) is 0 Å². The minimum Gasteiger partial charge on any atom is -0.374 e. The van der Waals surface area contributed by atoms with E-state index in [0.29, 0.717) is 6.04 Å². The molecule has 0 bridgehead atoms. The molecule has 0 aromatic heterocycles. The topological polar surface area (TPSA) is 45.2 Å². The predicted molar refractivity (Wildman–Crippen MR) is 90.6 cm³/mol. The smallest absolute Gasteiger partial charge is 0.254 e. The molecule has 1 amide bonds. The second-order valence-electron chi connectivity index (χ2n) is 7.39. The maximum absolute atomic E-state index is 12.4. The van der Waals surface area contributed by atoms with Gasteiger partial charge < -0.3 is 14.4 Å². The van der Waals surface area contributed by atoms with Gasteiger partial charge in [-0.05, 0) is 27.7 Å². The highest BCUT2D eigenvalue weighted by atomic mass is 16.5. The number of hydrogen-bond donors (Lipinski definition) is 0. The van der Waals surface area contributed by atoms with E-state index in [-0.39, 0.29) is 12.0 Å². The Hall–Kier alpha value is -0.690. The van der Waals surface area contributed by atoms with Gasteiger partial charge >= 0.3 is 0 Å². The van der Waals surface area contributed by atoms with Crippen LogP contribution in [0.2, 0.25) is 0 Å². The number of hydrogen-bond acceptors (Lipinski definition) is 5. The molecule has 2 fully saturated rings. The van der Waals surface area contributed by atoms with Crippen LogP contribution in [0.4, 0.5) is 0 Å². The predicted octanol–water partition coefficient (Wildman–Crippen LogP) is 0.665. The number of carbonyl (C=O) groups is 1. The fourth-order valence-electron chi connectivity index (χ4n) is 3.21. The third-order valence-electron chi connectivity index (χ3n) is 5.05. The summed E-state index contributed by atoms with van der Waals surface area (Å²) in [6, 6.07) is 0.576. The van der Waals surface area contributed by atoms with Crippen molar-refractivity contribution in [2.24, 2.45) is 0 Å². The van der Waals surface area contributed by atoms with Crippen LogP contribution in [-0.4, -0.2) is 97.9 Å². The van der Waals surface area contributed by atoms with Crippen molar-refractivity contribution in [1.29, 1.82) is 0 Å². The number of methoxy groups -OCH3 is 1. The fourth-order valence-corrected chi connectivity index (χ4v) is 3.21. The second-order valence-corrected chi connectivity index (χ2v) is 7.39. The summed E-state index contributed by atoms with van der Waals surface area (Å²) >= 11 is 0. The molecule has 1 atom stereocenters. The van der Waals surface area contributed by atoms with E-state index in [1.54, 1.807) is 7.11 Å². The Labute approximate surface area is 140 Å². The Morgan fingerprint density at radius 2 is 1.87 bits per heavy atom. The van der Waals surface area contributed by atoms with E-state index in [4.69, 9.17) is 9.47 Å². The molecule has 0 aliphatic carbocycles. The number of rotatable bonds is 5. The number of nitrogens with zero attached hydrogens (tertiary/aromatic N) is 3. The number of piperazine rings is 1. The summed E-state index contributed by atoms with van der Waals surface area (Å²) in [5, 5.41) is 0. The van der Waals surface area contributed by atoms with Crippen molar-refractivity contribution in [3.05, 3.63) is 0 Å². The normalized spacial score (nSPS) is 25.1. The van der Waals surface area contributed by atoms with Crippen LogP contribution < -0.4 is 0 Å². The lowest BCUT2D eigenvalue weighted by Gasteiger charge is -2.41. The fraction of sp³-hybridized carbons (Fsp3) is 0.941. The first kappa shape index (κ1) is 18.6. The molecule has 0 radical (unpaired) electrons. The van der Waals surface area contributed by atoms with Crippen LogP contribution >= 0.6 is 0 Å². The molecule has 0 N–H and O–H groups in total. The van der Waals surface area contributed by atoms with Crippen molar-refractivity contribution in [3.63, 3.8) is 0 Å². The first-order valence-corrected chi connectivity index (χ1v) is 8.76. The van der Waals surface area contributed by atoms with Gasteiger partial charge in [-0.1, -0.05) is 0 Å². The Kier molecular flexibility index (Phi) is 6.42. The molecule has 2 aliphatic heterocycles. The lowest BCUT2D eigenvalue weighted by molar-refractivity contribution is -0.153. The molecule has 0 aromatic carbocycles. The molecule has 2 saturated heterocycles. The van der Waals surface area contributed by atoms with Gasteiger partial charge in [0.15, 0.2) is 0 Å².